The van der Waals surface area contributed by atoms with E-state index < -0.39 is 0 Å². The van der Waals surface area contributed by atoms with Crippen LogP contribution in [0.15, 0.2) is 30.5 Å². The van der Waals surface area contributed by atoms with Gasteiger partial charge in [0.15, 0.2) is 0 Å². The van der Waals surface area contributed by atoms with Crippen LogP contribution in [0, 0.1) is 11.3 Å². The molecule has 0 bridgehead atoms. The second-order valence-electron chi connectivity index (χ2n) is 5.29. The van der Waals surface area contributed by atoms with Gasteiger partial charge < -0.3 is 9.64 Å². The summed E-state index contributed by atoms with van der Waals surface area (Å²) in [6.45, 7) is 4.26. The number of hydrogen-bond acceptors (Lipinski definition) is 7. The van der Waals surface area contributed by atoms with E-state index in [0.717, 1.165) is 38.4 Å². The van der Waals surface area contributed by atoms with E-state index in [2.05, 4.69) is 30.8 Å². The zero-order valence-electron chi connectivity index (χ0n) is 13.0. The predicted octanol–water partition coefficient (Wildman–Crippen LogP) is 1.07. The van der Waals surface area contributed by atoms with E-state index in [0.29, 0.717) is 17.5 Å². The molecule has 0 amide bonds. The summed E-state index contributed by atoms with van der Waals surface area (Å²) >= 11 is 0. The van der Waals surface area contributed by atoms with E-state index >= 15 is 0 Å². The first-order chi connectivity index (χ1) is 11.3. The fraction of sp³-hybridized carbons (Fsp3) is 0.375. The van der Waals surface area contributed by atoms with Crippen molar-refractivity contribution >= 4 is 5.95 Å². The second-order valence-corrected chi connectivity index (χ2v) is 5.29. The van der Waals surface area contributed by atoms with Crippen molar-refractivity contribution < 1.29 is 4.74 Å². The number of hydrogen-bond donors (Lipinski definition) is 0. The number of anilines is 1. The van der Waals surface area contributed by atoms with E-state index in [4.69, 9.17) is 10.00 Å². The molecule has 1 aliphatic rings. The van der Waals surface area contributed by atoms with Gasteiger partial charge in [-0.1, -0.05) is 6.07 Å². The summed E-state index contributed by atoms with van der Waals surface area (Å²) in [5, 5.41) is 8.93. The zero-order chi connectivity index (χ0) is 16.1. The average Bonchev–Trinajstić information content (AvgIpc) is 2.62. The largest absolute Gasteiger partial charge is 0.481 e. The SMILES string of the molecule is COc1cccc(CN2CCN(c3nccc(C#N)n3)CC2)n1. The lowest BCUT2D eigenvalue weighted by molar-refractivity contribution is 0.245. The van der Waals surface area contributed by atoms with Crippen LogP contribution in [0.4, 0.5) is 5.95 Å². The first kappa shape index (κ1) is 15.2. The summed E-state index contributed by atoms with van der Waals surface area (Å²) in [5.74, 6) is 1.27. The molecule has 0 aliphatic carbocycles. The van der Waals surface area contributed by atoms with Gasteiger partial charge in [-0.25, -0.2) is 15.0 Å². The number of methoxy groups -OCH3 is 1. The van der Waals surface area contributed by atoms with E-state index in [1.807, 2.05) is 18.2 Å². The number of nitrogens with zero attached hydrogens (tertiary/aromatic N) is 6. The molecule has 0 spiro atoms. The highest BCUT2D eigenvalue weighted by Gasteiger charge is 2.19. The molecule has 0 atom stereocenters. The maximum atomic E-state index is 8.93. The molecule has 7 nitrogen and oxygen atoms in total. The molecule has 23 heavy (non-hydrogen) atoms. The minimum atomic E-state index is 0.401. The maximum Gasteiger partial charge on any atom is 0.226 e. The molecule has 1 aliphatic heterocycles. The topological polar surface area (TPSA) is 78.2 Å². The molecule has 0 N–H and O–H groups in total. The summed E-state index contributed by atoms with van der Waals surface area (Å²) in [4.78, 5) is 17.4. The molecule has 0 unspecified atom stereocenters. The van der Waals surface area contributed by atoms with Crippen molar-refractivity contribution in [2.45, 2.75) is 6.54 Å². The Morgan fingerprint density at radius 1 is 1.17 bits per heavy atom. The quantitative estimate of drug-likeness (QED) is 0.836. The molecule has 1 saturated heterocycles. The molecular formula is C16H18N6O. The molecule has 7 heteroatoms. The highest BCUT2D eigenvalue weighted by molar-refractivity contribution is 5.34. The Hall–Kier alpha value is -2.72. The van der Waals surface area contributed by atoms with Gasteiger partial charge in [0.2, 0.25) is 11.8 Å². The molecule has 0 radical (unpaired) electrons. The van der Waals surface area contributed by atoms with Crippen molar-refractivity contribution in [3.05, 3.63) is 41.9 Å². The van der Waals surface area contributed by atoms with Crippen LogP contribution in [0.5, 0.6) is 5.88 Å². The zero-order valence-corrected chi connectivity index (χ0v) is 13.0. The van der Waals surface area contributed by atoms with Crippen LogP contribution in [-0.2, 0) is 6.54 Å². The van der Waals surface area contributed by atoms with Gasteiger partial charge >= 0.3 is 0 Å². The molecule has 3 heterocycles. The number of ether oxygens (including phenoxy) is 1. The molecule has 118 valence electrons. The summed E-state index contributed by atoms with van der Waals surface area (Å²) < 4.78 is 5.16. The average molecular weight is 310 g/mol. The summed E-state index contributed by atoms with van der Waals surface area (Å²) in [6.07, 6.45) is 1.63. The number of nitriles is 1. The lowest BCUT2D eigenvalue weighted by Crippen LogP contribution is -2.46. The second kappa shape index (κ2) is 7.03. The third-order valence-electron chi connectivity index (χ3n) is 3.79. The number of pyridine rings is 1. The number of aromatic nitrogens is 3. The maximum absolute atomic E-state index is 8.93. The summed E-state index contributed by atoms with van der Waals surface area (Å²) in [5.41, 5.74) is 1.40. The van der Waals surface area contributed by atoms with Crippen molar-refractivity contribution in [3.8, 4) is 11.9 Å². The summed E-state index contributed by atoms with van der Waals surface area (Å²) in [6, 6.07) is 9.48. The minimum Gasteiger partial charge on any atom is -0.481 e. The minimum absolute atomic E-state index is 0.401. The number of piperazine rings is 1. The van der Waals surface area contributed by atoms with Gasteiger partial charge in [-0.05, 0) is 12.1 Å². The van der Waals surface area contributed by atoms with Crippen molar-refractivity contribution in [2.75, 3.05) is 38.2 Å². The normalized spacial score (nSPS) is 15.2. The Morgan fingerprint density at radius 3 is 2.74 bits per heavy atom. The van der Waals surface area contributed by atoms with Crippen molar-refractivity contribution in [3.63, 3.8) is 0 Å². The fourth-order valence-electron chi connectivity index (χ4n) is 2.56. The van der Waals surface area contributed by atoms with Gasteiger partial charge in [-0.3, -0.25) is 4.90 Å². The summed E-state index contributed by atoms with van der Waals surface area (Å²) in [7, 11) is 1.63. The lowest BCUT2D eigenvalue weighted by atomic mass is 10.2. The molecule has 2 aromatic heterocycles. The first-order valence-electron chi connectivity index (χ1n) is 7.49. The smallest absolute Gasteiger partial charge is 0.226 e. The third kappa shape index (κ3) is 3.73. The highest BCUT2D eigenvalue weighted by atomic mass is 16.5. The van der Waals surface area contributed by atoms with Crippen molar-refractivity contribution in [1.82, 2.24) is 19.9 Å². The van der Waals surface area contributed by atoms with Crippen LogP contribution in [0.3, 0.4) is 0 Å². The van der Waals surface area contributed by atoms with Gasteiger partial charge in [-0.2, -0.15) is 5.26 Å². The monoisotopic (exact) mass is 310 g/mol. The van der Waals surface area contributed by atoms with Crippen LogP contribution in [0.25, 0.3) is 0 Å². The fourth-order valence-corrected chi connectivity index (χ4v) is 2.56. The predicted molar refractivity (Wildman–Crippen MR) is 85.0 cm³/mol. The van der Waals surface area contributed by atoms with Gasteiger partial charge in [-0.15, -0.1) is 0 Å². The number of rotatable bonds is 4. The van der Waals surface area contributed by atoms with Crippen molar-refractivity contribution in [2.24, 2.45) is 0 Å². The Bertz CT molecular complexity index is 706. The molecule has 1 fully saturated rings. The van der Waals surface area contributed by atoms with E-state index in [-0.39, 0.29) is 0 Å². The Kier molecular flexibility index (Phi) is 4.64. The molecule has 3 rings (SSSR count). The van der Waals surface area contributed by atoms with Gasteiger partial charge in [0, 0.05) is 45.0 Å². The Labute approximate surface area is 135 Å². The third-order valence-corrected chi connectivity index (χ3v) is 3.79. The van der Waals surface area contributed by atoms with Crippen LogP contribution >= 0.6 is 0 Å². The lowest BCUT2D eigenvalue weighted by Gasteiger charge is -2.34. The van der Waals surface area contributed by atoms with Gasteiger partial charge in [0.05, 0.1) is 12.8 Å². The molecule has 2 aromatic rings. The Balaban J connectivity index is 1.58. The van der Waals surface area contributed by atoms with E-state index in [1.54, 1.807) is 19.4 Å². The van der Waals surface area contributed by atoms with Crippen LogP contribution in [0.1, 0.15) is 11.4 Å². The van der Waals surface area contributed by atoms with E-state index in [1.165, 1.54) is 0 Å². The highest BCUT2D eigenvalue weighted by Crippen LogP contribution is 2.14. The standard InChI is InChI=1S/C16H18N6O/c1-23-15-4-2-3-14(19-15)12-21-7-9-22(10-8-21)16-18-6-5-13(11-17)20-16/h2-6H,7-10,12H2,1H3. The van der Waals surface area contributed by atoms with Crippen LogP contribution in [-0.4, -0.2) is 53.1 Å². The van der Waals surface area contributed by atoms with E-state index in [9.17, 15) is 0 Å². The van der Waals surface area contributed by atoms with Gasteiger partial charge in [0.1, 0.15) is 11.8 Å². The molecular weight excluding hydrogens is 292 g/mol. The molecule has 0 aromatic carbocycles. The first-order valence-corrected chi connectivity index (χ1v) is 7.49. The molecule has 0 saturated carbocycles. The van der Waals surface area contributed by atoms with Crippen LogP contribution < -0.4 is 9.64 Å². The Morgan fingerprint density at radius 2 is 2.00 bits per heavy atom. The van der Waals surface area contributed by atoms with Crippen molar-refractivity contribution in [1.29, 1.82) is 5.26 Å². The van der Waals surface area contributed by atoms with Crippen LogP contribution in [0.2, 0.25) is 0 Å². The van der Waals surface area contributed by atoms with Gasteiger partial charge in [0.25, 0.3) is 0 Å².